The molecule has 6 nitrogen and oxygen atoms in total. The van der Waals surface area contributed by atoms with Crippen LogP contribution >= 0.6 is 0 Å². The highest BCUT2D eigenvalue weighted by Crippen LogP contribution is 2.34. The third-order valence-corrected chi connectivity index (χ3v) is 3.76. The third kappa shape index (κ3) is 3.35. The topological polar surface area (TPSA) is 75.8 Å². The van der Waals surface area contributed by atoms with Crippen LogP contribution in [-0.4, -0.2) is 35.8 Å². The van der Waals surface area contributed by atoms with Crippen molar-refractivity contribution in [2.24, 2.45) is 0 Å². The number of oxazole rings is 1. The van der Waals surface area contributed by atoms with Crippen LogP contribution in [0.3, 0.4) is 0 Å². The summed E-state index contributed by atoms with van der Waals surface area (Å²) in [6.07, 6.45) is 2.85. The fourth-order valence-electron chi connectivity index (χ4n) is 2.74. The first kappa shape index (κ1) is 15.5. The van der Waals surface area contributed by atoms with Crippen LogP contribution in [0.25, 0.3) is 11.1 Å². The van der Waals surface area contributed by atoms with E-state index in [0.717, 1.165) is 32.4 Å². The Morgan fingerprint density at radius 1 is 1.35 bits per heavy atom. The number of alkyl halides is 2. The summed E-state index contributed by atoms with van der Waals surface area (Å²) in [4.78, 5) is 17.2. The molecule has 2 heterocycles. The number of piperidine rings is 1. The minimum atomic E-state index is -2.99. The van der Waals surface area contributed by atoms with Crippen molar-refractivity contribution in [3.63, 3.8) is 0 Å². The average Bonchev–Trinajstić information content (AvgIpc) is 2.96. The monoisotopic (exact) mass is 326 g/mol. The van der Waals surface area contributed by atoms with Crippen molar-refractivity contribution in [3.8, 4) is 5.75 Å². The molecule has 23 heavy (non-hydrogen) atoms. The predicted octanol–water partition coefficient (Wildman–Crippen LogP) is 3.05. The Balaban J connectivity index is 2.04. The summed E-state index contributed by atoms with van der Waals surface area (Å²) in [6, 6.07) is 3.03. The smallest absolute Gasteiger partial charge is 0.387 e. The van der Waals surface area contributed by atoms with Gasteiger partial charge < -0.3 is 19.2 Å². The quantitative estimate of drug-likeness (QED) is 0.910. The van der Waals surface area contributed by atoms with Crippen LogP contribution in [-0.2, 0) is 11.2 Å². The molecule has 1 aliphatic rings. The number of ether oxygens (including phenoxy) is 1. The standard InChI is InChI=1S/C15H16F2N2O4/c16-14(17)22-10-5-4-9(8-11(20)21)13-12(10)18-15(23-13)19-6-2-1-3-7-19/h4-5,14H,1-3,6-8H2,(H,20,21). The molecule has 0 radical (unpaired) electrons. The third-order valence-electron chi connectivity index (χ3n) is 3.76. The number of benzene rings is 1. The van der Waals surface area contributed by atoms with Crippen molar-refractivity contribution in [2.45, 2.75) is 32.3 Å². The summed E-state index contributed by atoms with van der Waals surface area (Å²) in [5, 5.41) is 8.97. The van der Waals surface area contributed by atoms with E-state index < -0.39 is 12.6 Å². The molecule has 3 rings (SSSR count). The van der Waals surface area contributed by atoms with Gasteiger partial charge in [-0.15, -0.1) is 0 Å². The van der Waals surface area contributed by atoms with Crippen molar-refractivity contribution in [1.29, 1.82) is 0 Å². The maximum atomic E-state index is 12.5. The summed E-state index contributed by atoms with van der Waals surface area (Å²) in [7, 11) is 0. The van der Waals surface area contributed by atoms with Crippen LogP contribution in [0.1, 0.15) is 24.8 Å². The molecule has 1 fully saturated rings. The molecule has 1 aromatic carbocycles. The van der Waals surface area contributed by atoms with E-state index in [4.69, 9.17) is 9.52 Å². The second-order valence-electron chi connectivity index (χ2n) is 5.39. The fraction of sp³-hybridized carbons (Fsp3) is 0.467. The van der Waals surface area contributed by atoms with Gasteiger partial charge in [-0.25, -0.2) is 0 Å². The molecule has 1 aromatic heterocycles. The van der Waals surface area contributed by atoms with Crippen molar-refractivity contribution < 1.29 is 27.8 Å². The largest absolute Gasteiger partial charge is 0.481 e. The van der Waals surface area contributed by atoms with E-state index in [2.05, 4.69) is 9.72 Å². The fourth-order valence-corrected chi connectivity index (χ4v) is 2.74. The van der Waals surface area contributed by atoms with E-state index in [1.165, 1.54) is 12.1 Å². The number of carboxylic acids is 1. The lowest BCUT2D eigenvalue weighted by Crippen LogP contribution is -2.29. The van der Waals surface area contributed by atoms with Crippen molar-refractivity contribution in [3.05, 3.63) is 17.7 Å². The van der Waals surface area contributed by atoms with Gasteiger partial charge in [0.1, 0.15) is 0 Å². The van der Waals surface area contributed by atoms with Gasteiger partial charge in [-0.05, 0) is 25.3 Å². The van der Waals surface area contributed by atoms with Crippen molar-refractivity contribution in [2.75, 3.05) is 18.0 Å². The lowest BCUT2D eigenvalue weighted by Gasteiger charge is -2.24. The molecule has 124 valence electrons. The van der Waals surface area contributed by atoms with Crippen molar-refractivity contribution in [1.82, 2.24) is 4.98 Å². The summed E-state index contributed by atoms with van der Waals surface area (Å²) in [5.41, 5.74) is 0.695. The number of fused-ring (bicyclic) bond motifs is 1. The molecular weight excluding hydrogens is 310 g/mol. The Bertz CT molecular complexity index is 711. The Kier molecular flexibility index (Phi) is 4.31. The number of aliphatic carboxylic acids is 1. The van der Waals surface area contributed by atoms with Gasteiger partial charge in [0.2, 0.25) is 0 Å². The maximum Gasteiger partial charge on any atom is 0.387 e. The first-order chi connectivity index (χ1) is 11.0. The highest BCUT2D eigenvalue weighted by Gasteiger charge is 2.22. The van der Waals surface area contributed by atoms with E-state index >= 15 is 0 Å². The molecule has 0 bridgehead atoms. The molecule has 0 amide bonds. The van der Waals surface area contributed by atoms with Crippen LogP contribution in [0.4, 0.5) is 14.8 Å². The number of halogens is 2. The van der Waals surface area contributed by atoms with Crippen LogP contribution in [0, 0.1) is 0 Å². The Labute approximate surface area is 130 Å². The summed E-state index contributed by atoms with van der Waals surface area (Å²) >= 11 is 0. The molecule has 1 saturated heterocycles. The average molecular weight is 326 g/mol. The molecular formula is C15H16F2N2O4. The van der Waals surface area contributed by atoms with E-state index in [0.29, 0.717) is 11.6 Å². The number of anilines is 1. The zero-order valence-electron chi connectivity index (χ0n) is 12.3. The van der Waals surface area contributed by atoms with E-state index in [9.17, 15) is 13.6 Å². The van der Waals surface area contributed by atoms with Gasteiger partial charge in [-0.2, -0.15) is 13.8 Å². The van der Waals surface area contributed by atoms with Gasteiger partial charge in [-0.3, -0.25) is 4.79 Å². The number of carboxylic acid groups (broad SMARTS) is 1. The Hall–Kier alpha value is -2.38. The predicted molar refractivity (Wildman–Crippen MR) is 78.0 cm³/mol. The second-order valence-corrected chi connectivity index (χ2v) is 5.39. The number of hydrogen-bond donors (Lipinski definition) is 1. The maximum absolute atomic E-state index is 12.5. The van der Waals surface area contributed by atoms with Gasteiger partial charge in [-0.1, -0.05) is 6.07 Å². The molecule has 1 aliphatic heterocycles. The van der Waals surface area contributed by atoms with Crippen molar-refractivity contribution >= 4 is 23.1 Å². The summed E-state index contributed by atoms with van der Waals surface area (Å²) in [5.74, 6) is -1.15. The highest BCUT2D eigenvalue weighted by molar-refractivity contribution is 5.87. The van der Waals surface area contributed by atoms with E-state index in [1.807, 2.05) is 4.90 Å². The lowest BCUT2D eigenvalue weighted by atomic mass is 10.1. The molecule has 0 aliphatic carbocycles. The van der Waals surface area contributed by atoms with E-state index in [-0.39, 0.29) is 23.3 Å². The Morgan fingerprint density at radius 2 is 2.09 bits per heavy atom. The number of aromatic nitrogens is 1. The molecule has 1 N–H and O–H groups in total. The van der Waals surface area contributed by atoms with Crippen LogP contribution in [0.5, 0.6) is 5.75 Å². The van der Waals surface area contributed by atoms with Crippen LogP contribution in [0.15, 0.2) is 16.5 Å². The van der Waals surface area contributed by atoms with Crippen LogP contribution < -0.4 is 9.64 Å². The highest BCUT2D eigenvalue weighted by atomic mass is 19.3. The zero-order valence-corrected chi connectivity index (χ0v) is 12.3. The van der Waals surface area contributed by atoms with Crippen LogP contribution in [0.2, 0.25) is 0 Å². The molecule has 2 aromatic rings. The SMILES string of the molecule is O=C(O)Cc1ccc(OC(F)F)c2nc(N3CCCCC3)oc12. The number of rotatable bonds is 5. The molecule has 0 spiro atoms. The zero-order chi connectivity index (χ0) is 16.4. The lowest BCUT2D eigenvalue weighted by molar-refractivity contribution is -0.136. The first-order valence-electron chi connectivity index (χ1n) is 7.38. The Morgan fingerprint density at radius 3 is 2.74 bits per heavy atom. The summed E-state index contributed by atoms with van der Waals surface area (Å²) in [6.45, 7) is -1.45. The van der Waals surface area contributed by atoms with Gasteiger partial charge >= 0.3 is 12.6 Å². The minimum absolute atomic E-state index is 0.115. The minimum Gasteiger partial charge on any atom is -0.481 e. The molecule has 0 atom stereocenters. The van der Waals surface area contributed by atoms with Gasteiger partial charge in [0.05, 0.1) is 6.42 Å². The summed E-state index contributed by atoms with van der Waals surface area (Å²) < 4.78 is 35.2. The second kappa shape index (κ2) is 6.39. The van der Waals surface area contributed by atoms with Gasteiger partial charge in [0, 0.05) is 18.7 Å². The molecule has 0 saturated carbocycles. The van der Waals surface area contributed by atoms with Gasteiger partial charge in [0.15, 0.2) is 16.8 Å². The molecule has 8 heteroatoms. The normalized spacial score (nSPS) is 15.3. The number of carbonyl (C=O) groups is 1. The molecule has 0 unspecified atom stereocenters. The van der Waals surface area contributed by atoms with Gasteiger partial charge in [0.25, 0.3) is 6.01 Å². The first-order valence-corrected chi connectivity index (χ1v) is 7.38. The van der Waals surface area contributed by atoms with E-state index in [1.54, 1.807) is 0 Å². The number of nitrogens with zero attached hydrogens (tertiary/aromatic N) is 2. The number of hydrogen-bond acceptors (Lipinski definition) is 5.